The van der Waals surface area contributed by atoms with Gasteiger partial charge in [-0.25, -0.2) is 9.97 Å². The Balaban J connectivity index is 1.54. The number of hydrogen-bond donors (Lipinski definition) is 4. The number of carbonyl (C=O) groups is 1. The number of para-hydroxylation sites is 1. The normalized spacial score (nSPS) is 10.3. The molecule has 0 atom stereocenters. The average molecular weight is 415 g/mol. The van der Waals surface area contributed by atoms with Crippen LogP contribution >= 0.6 is 0 Å². The number of nitrogens with zero attached hydrogens (tertiary/aromatic N) is 3. The number of benzene rings is 3. The second kappa shape index (κ2) is 8.74. The molecule has 0 saturated carbocycles. The standard InChI is InChI=1S/C21H17N7O3/c29-21(17-12-6-8-14-7-4-5-11-16(14)17)27-26-20-18(28(30)31)19(22-13-23-20)25-24-15-9-2-1-3-10-15/h1-13,24H,(H,27,29)(H2,22,23,25,26). The molecule has 3 aromatic carbocycles. The minimum atomic E-state index is -0.637. The Labute approximate surface area is 176 Å². The molecule has 0 bridgehead atoms. The van der Waals surface area contributed by atoms with Gasteiger partial charge in [0.2, 0.25) is 11.6 Å². The second-order valence-corrected chi connectivity index (χ2v) is 6.40. The molecule has 0 aliphatic heterocycles. The van der Waals surface area contributed by atoms with E-state index in [0.717, 1.165) is 17.1 Å². The first-order chi connectivity index (χ1) is 15.1. The van der Waals surface area contributed by atoms with Gasteiger partial charge in [-0.2, -0.15) is 0 Å². The van der Waals surface area contributed by atoms with Crippen LogP contribution in [0, 0.1) is 10.1 Å². The Morgan fingerprint density at radius 2 is 1.48 bits per heavy atom. The minimum Gasteiger partial charge on any atom is -0.299 e. The summed E-state index contributed by atoms with van der Waals surface area (Å²) in [5, 5.41) is 13.3. The molecule has 4 aromatic rings. The highest BCUT2D eigenvalue weighted by atomic mass is 16.6. The Morgan fingerprint density at radius 3 is 2.26 bits per heavy atom. The van der Waals surface area contributed by atoms with Crippen molar-refractivity contribution in [2.24, 2.45) is 0 Å². The largest absolute Gasteiger partial charge is 0.356 e. The van der Waals surface area contributed by atoms with Crippen molar-refractivity contribution >= 4 is 39.7 Å². The van der Waals surface area contributed by atoms with Gasteiger partial charge in [0.15, 0.2) is 0 Å². The van der Waals surface area contributed by atoms with Crippen LogP contribution in [0.4, 0.5) is 23.0 Å². The number of aromatic nitrogens is 2. The van der Waals surface area contributed by atoms with Crippen molar-refractivity contribution in [2.75, 3.05) is 16.3 Å². The van der Waals surface area contributed by atoms with Gasteiger partial charge in [0.1, 0.15) is 6.33 Å². The van der Waals surface area contributed by atoms with E-state index in [4.69, 9.17) is 0 Å². The maximum atomic E-state index is 12.7. The predicted octanol–water partition coefficient (Wildman–Crippen LogP) is 3.73. The molecular formula is C21H17N7O3. The van der Waals surface area contributed by atoms with Crippen LogP contribution in [0.5, 0.6) is 0 Å². The molecule has 1 aromatic heterocycles. The van der Waals surface area contributed by atoms with Gasteiger partial charge in [-0.1, -0.05) is 54.6 Å². The summed E-state index contributed by atoms with van der Waals surface area (Å²) in [5.41, 5.74) is 11.2. The lowest BCUT2D eigenvalue weighted by Crippen LogP contribution is -2.30. The van der Waals surface area contributed by atoms with E-state index in [1.54, 1.807) is 24.3 Å². The second-order valence-electron chi connectivity index (χ2n) is 6.40. The third kappa shape index (κ3) is 4.32. The molecule has 154 valence electrons. The molecular weight excluding hydrogens is 398 g/mol. The molecule has 4 rings (SSSR count). The first-order valence-electron chi connectivity index (χ1n) is 9.24. The summed E-state index contributed by atoms with van der Waals surface area (Å²) in [6.07, 6.45) is 1.15. The number of hydrazine groups is 2. The van der Waals surface area contributed by atoms with Crippen LogP contribution in [-0.4, -0.2) is 20.8 Å². The smallest absolute Gasteiger partial charge is 0.299 e. The van der Waals surface area contributed by atoms with Gasteiger partial charge in [-0.05, 0) is 29.0 Å². The first-order valence-corrected chi connectivity index (χ1v) is 9.24. The molecule has 10 nitrogen and oxygen atoms in total. The lowest BCUT2D eigenvalue weighted by molar-refractivity contribution is -0.383. The molecule has 1 amide bonds. The highest BCUT2D eigenvalue weighted by molar-refractivity contribution is 6.07. The van der Waals surface area contributed by atoms with Crippen molar-refractivity contribution in [1.29, 1.82) is 0 Å². The molecule has 10 heteroatoms. The number of anilines is 3. The molecule has 1 heterocycles. The number of hydrogen-bond acceptors (Lipinski definition) is 8. The molecule has 4 N–H and O–H groups in total. The summed E-state index contributed by atoms with van der Waals surface area (Å²) in [6.45, 7) is 0. The fourth-order valence-electron chi connectivity index (χ4n) is 2.99. The third-order valence-electron chi connectivity index (χ3n) is 4.43. The fraction of sp³-hybridized carbons (Fsp3) is 0. The van der Waals surface area contributed by atoms with E-state index in [-0.39, 0.29) is 11.6 Å². The van der Waals surface area contributed by atoms with Crippen LogP contribution in [0.25, 0.3) is 10.8 Å². The van der Waals surface area contributed by atoms with Crippen molar-refractivity contribution < 1.29 is 9.72 Å². The first kappa shape index (κ1) is 19.6. The van der Waals surface area contributed by atoms with Gasteiger partial charge >= 0.3 is 5.69 Å². The molecule has 0 aliphatic rings. The van der Waals surface area contributed by atoms with Gasteiger partial charge in [-0.15, -0.1) is 0 Å². The number of amides is 1. The van der Waals surface area contributed by atoms with Crippen LogP contribution in [0.15, 0.2) is 79.1 Å². The van der Waals surface area contributed by atoms with Gasteiger partial charge in [0, 0.05) is 5.56 Å². The average Bonchev–Trinajstić information content (AvgIpc) is 2.81. The number of rotatable bonds is 7. The van der Waals surface area contributed by atoms with E-state index in [1.807, 2.05) is 48.5 Å². The maximum Gasteiger partial charge on any atom is 0.356 e. The quantitative estimate of drug-likeness (QED) is 0.265. The van der Waals surface area contributed by atoms with E-state index < -0.39 is 16.5 Å². The van der Waals surface area contributed by atoms with Crippen LogP contribution in [-0.2, 0) is 0 Å². The van der Waals surface area contributed by atoms with Crippen LogP contribution < -0.4 is 21.7 Å². The Bertz CT molecular complexity index is 1240. The van der Waals surface area contributed by atoms with Crippen molar-refractivity contribution in [3.8, 4) is 0 Å². The highest BCUT2D eigenvalue weighted by Crippen LogP contribution is 2.28. The Hall–Kier alpha value is -4.73. The molecule has 31 heavy (non-hydrogen) atoms. The summed E-state index contributed by atoms with van der Waals surface area (Å²) in [6, 6.07) is 21.8. The van der Waals surface area contributed by atoms with Crippen LogP contribution in [0.1, 0.15) is 10.4 Å². The predicted molar refractivity (Wildman–Crippen MR) is 117 cm³/mol. The van der Waals surface area contributed by atoms with Crippen LogP contribution in [0.2, 0.25) is 0 Å². The van der Waals surface area contributed by atoms with E-state index in [0.29, 0.717) is 11.3 Å². The summed E-state index contributed by atoms with van der Waals surface area (Å²) in [5.74, 6) is -0.682. The minimum absolute atomic E-state index is 0.0641. The van der Waals surface area contributed by atoms with Gasteiger partial charge < -0.3 is 0 Å². The van der Waals surface area contributed by atoms with Gasteiger partial charge in [0.05, 0.1) is 10.6 Å². The molecule has 0 unspecified atom stereocenters. The third-order valence-corrected chi connectivity index (χ3v) is 4.43. The van der Waals surface area contributed by atoms with Crippen molar-refractivity contribution in [3.63, 3.8) is 0 Å². The number of nitro groups is 1. The van der Waals surface area contributed by atoms with Gasteiger partial charge in [-0.3, -0.25) is 36.6 Å². The van der Waals surface area contributed by atoms with Crippen molar-refractivity contribution in [1.82, 2.24) is 15.4 Å². The SMILES string of the molecule is O=C(NNc1ncnc(NNc2ccccc2)c1[N+](=O)[O-])c1cccc2ccccc12. The molecule has 0 saturated heterocycles. The maximum absolute atomic E-state index is 12.7. The Kier molecular flexibility index (Phi) is 5.52. The summed E-state index contributed by atoms with van der Waals surface area (Å²) in [7, 11) is 0. The lowest BCUT2D eigenvalue weighted by Gasteiger charge is -2.12. The van der Waals surface area contributed by atoms with Crippen molar-refractivity contribution in [3.05, 3.63) is 94.8 Å². The zero-order valence-electron chi connectivity index (χ0n) is 16.1. The Morgan fingerprint density at radius 1 is 0.806 bits per heavy atom. The zero-order chi connectivity index (χ0) is 21.6. The summed E-state index contributed by atoms with van der Waals surface area (Å²) >= 11 is 0. The van der Waals surface area contributed by atoms with Crippen molar-refractivity contribution in [2.45, 2.75) is 0 Å². The number of fused-ring (bicyclic) bond motifs is 1. The number of nitrogens with one attached hydrogen (secondary N) is 4. The van der Waals surface area contributed by atoms with E-state index >= 15 is 0 Å². The molecule has 0 radical (unpaired) electrons. The van der Waals surface area contributed by atoms with Crippen LogP contribution in [0.3, 0.4) is 0 Å². The summed E-state index contributed by atoms with van der Waals surface area (Å²) in [4.78, 5) is 31.5. The monoisotopic (exact) mass is 415 g/mol. The van der Waals surface area contributed by atoms with E-state index in [1.165, 1.54) is 0 Å². The fourth-order valence-corrected chi connectivity index (χ4v) is 2.99. The highest BCUT2D eigenvalue weighted by Gasteiger charge is 2.23. The molecule has 0 spiro atoms. The van der Waals surface area contributed by atoms with E-state index in [9.17, 15) is 14.9 Å². The zero-order valence-corrected chi connectivity index (χ0v) is 16.1. The molecule has 0 aliphatic carbocycles. The lowest BCUT2D eigenvalue weighted by atomic mass is 10.0. The van der Waals surface area contributed by atoms with Gasteiger partial charge in [0.25, 0.3) is 5.91 Å². The summed E-state index contributed by atoms with van der Waals surface area (Å²) < 4.78 is 0. The number of carbonyl (C=O) groups excluding carboxylic acids is 1. The topological polar surface area (TPSA) is 134 Å². The molecule has 0 fully saturated rings. The van der Waals surface area contributed by atoms with E-state index in [2.05, 4.69) is 31.7 Å².